The van der Waals surface area contributed by atoms with Crippen molar-refractivity contribution in [3.63, 3.8) is 0 Å². The predicted molar refractivity (Wildman–Crippen MR) is 238 cm³/mol. The zero-order valence-corrected chi connectivity index (χ0v) is 36.9. The Labute approximate surface area is 362 Å². The largest absolute Gasteiger partial charge is 0.496 e. The topological polar surface area (TPSA) is 178 Å². The number of nitrogens with one attached hydrogen (secondary N) is 1. The van der Waals surface area contributed by atoms with E-state index in [1.165, 1.54) is 23.1 Å². The zero-order valence-electron chi connectivity index (χ0n) is 36.1. The summed E-state index contributed by atoms with van der Waals surface area (Å²) < 4.78 is 35.0. The van der Waals surface area contributed by atoms with Crippen LogP contribution in [0.3, 0.4) is 0 Å². The van der Waals surface area contributed by atoms with E-state index in [1.807, 2.05) is 24.3 Å². The molecule has 3 aromatic carbocycles. The first-order chi connectivity index (χ1) is 29.4. The van der Waals surface area contributed by atoms with E-state index in [4.69, 9.17) is 20.9 Å². The van der Waals surface area contributed by atoms with Crippen molar-refractivity contribution in [3.05, 3.63) is 95.1 Å². The van der Waals surface area contributed by atoms with Crippen LogP contribution in [0.15, 0.2) is 72.8 Å². The molecular weight excluding hydrogens is 793 g/mol. The maximum absolute atomic E-state index is 14.9. The highest BCUT2D eigenvalue weighted by atomic mass is 32.2. The van der Waals surface area contributed by atoms with Gasteiger partial charge in [0.2, 0.25) is 5.91 Å². The van der Waals surface area contributed by atoms with E-state index in [1.54, 1.807) is 30.2 Å². The minimum Gasteiger partial charge on any atom is -0.496 e. The van der Waals surface area contributed by atoms with Crippen LogP contribution < -0.4 is 26.3 Å². The van der Waals surface area contributed by atoms with Crippen molar-refractivity contribution in [1.29, 1.82) is 0 Å². The lowest BCUT2D eigenvalue weighted by Crippen LogP contribution is -2.63. The van der Waals surface area contributed by atoms with E-state index in [0.29, 0.717) is 56.7 Å². The smallest absolute Gasteiger partial charge is 0.415 e. The van der Waals surface area contributed by atoms with Crippen molar-refractivity contribution in [3.8, 4) is 11.5 Å². The van der Waals surface area contributed by atoms with Crippen molar-refractivity contribution in [2.75, 3.05) is 51.8 Å². The van der Waals surface area contributed by atoms with Gasteiger partial charge in [-0.1, -0.05) is 67.4 Å². The Balaban J connectivity index is 1.16. The van der Waals surface area contributed by atoms with E-state index in [0.717, 1.165) is 62.0 Å². The van der Waals surface area contributed by atoms with Crippen molar-refractivity contribution in [2.45, 2.75) is 108 Å². The molecule has 0 radical (unpaired) electrons. The second-order valence-electron chi connectivity index (χ2n) is 17.4. The molecule has 14 heteroatoms. The summed E-state index contributed by atoms with van der Waals surface area (Å²) in [6.45, 7) is 4.12. The average Bonchev–Trinajstić information content (AvgIpc) is 3.66. The maximum atomic E-state index is 14.9. The number of hydrogen-bond acceptors (Lipinski definition) is 11. The van der Waals surface area contributed by atoms with Crippen LogP contribution in [-0.2, 0) is 45.5 Å². The van der Waals surface area contributed by atoms with Gasteiger partial charge in [0.05, 0.1) is 19.7 Å². The van der Waals surface area contributed by atoms with E-state index >= 15 is 0 Å². The lowest BCUT2D eigenvalue weighted by Gasteiger charge is -2.43. The van der Waals surface area contributed by atoms with Gasteiger partial charge in [-0.15, -0.1) is 0 Å². The van der Waals surface area contributed by atoms with Crippen LogP contribution in [0.5, 0.6) is 11.5 Å². The molecule has 332 valence electrons. The maximum Gasteiger partial charge on any atom is 0.415 e. The molecule has 3 aromatic rings. The third-order valence-electron chi connectivity index (χ3n) is 12.9. The van der Waals surface area contributed by atoms with Crippen molar-refractivity contribution < 1.29 is 32.3 Å². The molecule has 5 N–H and O–H groups in total. The molecule has 1 spiro atoms. The Hall–Kier alpha value is -4.34. The van der Waals surface area contributed by atoms with Crippen LogP contribution >= 0.6 is 0 Å². The van der Waals surface area contributed by atoms with Gasteiger partial charge in [-0.25, -0.2) is 13.2 Å². The summed E-state index contributed by atoms with van der Waals surface area (Å²) in [6.07, 6.45) is 8.85. The summed E-state index contributed by atoms with van der Waals surface area (Å²) in [7, 11) is -1.50. The van der Waals surface area contributed by atoms with Gasteiger partial charge >= 0.3 is 6.09 Å². The summed E-state index contributed by atoms with van der Waals surface area (Å²) in [5.74, 6) is 0.822. The molecule has 0 unspecified atom stereocenters. The molecule has 3 aliphatic rings. The van der Waals surface area contributed by atoms with Gasteiger partial charge in [0.1, 0.15) is 27.4 Å². The molecule has 13 nitrogen and oxygen atoms in total. The predicted octanol–water partition coefficient (Wildman–Crippen LogP) is 5.22. The Morgan fingerprint density at radius 3 is 2.36 bits per heavy atom. The second-order valence-corrected chi connectivity index (χ2v) is 19.7. The number of likely N-dealkylation sites (tertiary alicyclic amines) is 1. The second kappa shape index (κ2) is 21.6. The van der Waals surface area contributed by atoms with Gasteiger partial charge in [0.15, 0.2) is 5.78 Å². The first-order valence-corrected chi connectivity index (χ1v) is 24.1. The molecule has 6 rings (SSSR count). The molecule has 1 saturated carbocycles. The number of sulfone groups is 1. The fourth-order valence-electron chi connectivity index (χ4n) is 9.40. The minimum atomic E-state index is -3.09. The molecule has 2 aliphatic heterocycles. The quantitative estimate of drug-likeness (QED) is 0.135. The van der Waals surface area contributed by atoms with Crippen molar-refractivity contribution in [1.82, 2.24) is 20.0 Å². The minimum absolute atomic E-state index is 0.00191. The number of benzene rings is 3. The molecule has 2 atom stereocenters. The monoisotopic (exact) mass is 858 g/mol. The van der Waals surface area contributed by atoms with Crippen LogP contribution in [0.4, 0.5) is 4.79 Å². The fourth-order valence-corrected chi connectivity index (χ4v) is 10.1. The van der Waals surface area contributed by atoms with E-state index < -0.39 is 28.0 Å². The Morgan fingerprint density at radius 1 is 0.869 bits per heavy atom. The van der Waals surface area contributed by atoms with Crippen LogP contribution in [-0.4, -0.2) is 111 Å². The molecule has 61 heavy (non-hydrogen) atoms. The molecular formula is C47H66N6O7S. The number of unbranched alkanes of at least 4 members (excludes halogenated alkanes) is 2. The summed E-state index contributed by atoms with van der Waals surface area (Å²) in [5.41, 5.74) is 15.9. The summed E-state index contributed by atoms with van der Waals surface area (Å²) in [4.78, 5) is 48.6. The van der Waals surface area contributed by atoms with Gasteiger partial charge in [0, 0.05) is 69.3 Å². The van der Waals surface area contributed by atoms with E-state index in [2.05, 4.69) is 40.5 Å². The van der Waals surface area contributed by atoms with Crippen LogP contribution in [0, 0.1) is 5.41 Å². The molecule has 0 bridgehead atoms. The van der Waals surface area contributed by atoms with Crippen LogP contribution in [0.2, 0.25) is 0 Å². The van der Waals surface area contributed by atoms with Gasteiger partial charge in [-0.3, -0.25) is 14.5 Å². The lowest BCUT2D eigenvalue weighted by molar-refractivity contribution is -0.144. The summed E-state index contributed by atoms with van der Waals surface area (Å²) in [5, 5.41) is 3.76. The zero-order chi connectivity index (χ0) is 43.4. The molecule has 1 aliphatic carbocycles. The summed E-state index contributed by atoms with van der Waals surface area (Å²) in [6, 6.07) is 22.1. The average molecular weight is 859 g/mol. The molecule has 0 aromatic heterocycles. The number of ketones is 1. The third kappa shape index (κ3) is 13.1. The van der Waals surface area contributed by atoms with Gasteiger partial charge in [0.25, 0.3) is 0 Å². The number of amides is 2. The molecule has 2 amide bonds. The number of piperazine rings is 1. The number of aryl methyl sites for hydroxylation is 1. The Kier molecular flexibility index (Phi) is 16.4. The number of hydrogen-bond donors (Lipinski definition) is 3. The Morgan fingerprint density at radius 2 is 1.64 bits per heavy atom. The molecule has 2 heterocycles. The van der Waals surface area contributed by atoms with Gasteiger partial charge in [-0.2, -0.15) is 0 Å². The standard InChI is InChI=1S/C47H66N6O7S/c1-59-44-29-35(15-17-38(44)31-49)16-18-43(54)42-33-52(46(56)60-40-13-9-12-37(28-40)30-48)25-26-53(42)45(55)41(14-7-4-8-27-61(2,57)58)50-39-19-21-47(22-20-39)23-24-51(34-47)32-36-10-5-3-6-11-36/h3,5-6,9-13,15,17,28-29,39,41-42,50H,4,7-8,14,16,18-27,30-34,48-49H2,1-2H3/t39?,41-,42+,47?/m1/s1. The summed E-state index contributed by atoms with van der Waals surface area (Å²) >= 11 is 0. The number of ether oxygens (including phenoxy) is 2. The van der Waals surface area contributed by atoms with Crippen LogP contribution in [0.1, 0.15) is 86.5 Å². The molecule has 2 saturated heterocycles. The van der Waals surface area contributed by atoms with E-state index in [9.17, 15) is 22.8 Å². The van der Waals surface area contributed by atoms with E-state index in [-0.39, 0.29) is 55.0 Å². The number of methoxy groups -OCH3 is 1. The number of rotatable bonds is 19. The fraction of sp³-hybridized carbons (Fsp3) is 0.553. The lowest BCUT2D eigenvalue weighted by atomic mass is 9.72. The van der Waals surface area contributed by atoms with Gasteiger partial charge in [-0.05, 0) is 98.2 Å². The van der Waals surface area contributed by atoms with Crippen LogP contribution in [0.25, 0.3) is 0 Å². The number of carbonyl (C=O) groups is 3. The highest BCUT2D eigenvalue weighted by molar-refractivity contribution is 7.90. The SMILES string of the molecule is COc1cc(CCC(=O)[C@@H]2CN(C(=O)Oc3cccc(CN)c3)CCN2C(=O)[C@@H](CCCCCS(C)(=O)=O)NC2CCC3(CC2)CCN(Cc2ccccc2)C3)ccc1CN. The normalized spacial score (nSPS) is 21.4. The van der Waals surface area contributed by atoms with Gasteiger partial charge < -0.3 is 36.1 Å². The molecule has 3 fully saturated rings. The first-order valence-electron chi connectivity index (χ1n) is 22.0. The van der Waals surface area contributed by atoms with Crippen molar-refractivity contribution >= 4 is 27.6 Å². The van der Waals surface area contributed by atoms with Crippen molar-refractivity contribution in [2.24, 2.45) is 16.9 Å². The number of carbonyl (C=O) groups excluding carboxylic acids is 3. The number of nitrogens with zero attached hydrogens (tertiary/aromatic N) is 3. The highest BCUT2D eigenvalue weighted by Gasteiger charge is 2.43. The first kappa shape index (κ1) is 46.2. The number of Topliss-reactive ketones (excluding diaryl/α,β-unsaturated/α-hetero) is 1. The Bertz CT molecular complexity index is 2040. The number of nitrogens with two attached hydrogens (primary N) is 2. The highest BCUT2D eigenvalue weighted by Crippen LogP contribution is 2.44. The third-order valence-corrected chi connectivity index (χ3v) is 13.9.